The van der Waals surface area contributed by atoms with Crippen molar-refractivity contribution in [3.05, 3.63) is 48.5 Å². The Morgan fingerprint density at radius 1 is 0.824 bits per heavy atom. The number of para-hydroxylation sites is 2. The SMILES string of the molecule is O[B]O.c1ccc2c(c1)Nc1ccccc1S2. The summed E-state index contributed by atoms with van der Waals surface area (Å²) in [6, 6.07) is 16.8. The first-order valence-corrected chi connectivity index (χ1v) is 5.90. The van der Waals surface area contributed by atoms with Crippen LogP contribution in [0.2, 0.25) is 0 Å². The molecule has 5 heteroatoms. The smallest absolute Gasteiger partial charge is 0.429 e. The monoisotopic (exact) mass is 244 g/mol. The van der Waals surface area contributed by atoms with Crippen LogP contribution in [0.1, 0.15) is 0 Å². The first-order chi connectivity index (χ1) is 8.35. The van der Waals surface area contributed by atoms with Gasteiger partial charge in [0.1, 0.15) is 0 Å². The molecule has 0 aromatic heterocycles. The van der Waals surface area contributed by atoms with Gasteiger partial charge in [-0.2, -0.15) is 0 Å². The Morgan fingerprint density at radius 2 is 1.24 bits per heavy atom. The number of rotatable bonds is 0. The predicted octanol–water partition coefficient (Wildman–Crippen LogP) is 2.40. The molecule has 0 fully saturated rings. The van der Waals surface area contributed by atoms with Crippen LogP contribution in [-0.2, 0) is 0 Å². The molecule has 1 heterocycles. The topological polar surface area (TPSA) is 52.5 Å². The quantitative estimate of drug-likeness (QED) is 0.531. The highest BCUT2D eigenvalue weighted by molar-refractivity contribution is 7.99. The van der Waals surface area contributed by atoms with E-state index in [1.165, 1.54) is 21.2 Å². The Hall–Kier alpha value is -1.43. The van der Waals surface area contributed by atoms with E-state index >= 15 is 0 Å². The molecular formula is C12H11BNO2S. The second-order valence-electron chi connectivity index (χ2n) is 3.33. The van der Waals surface area contributed by atoms with Crippen molar-refractivity contribution in [2.24, 2.45) is 0 Å². The van der Waals surface area contributed by atoms with E-state index in [-0.39, 0.29) is 7.69 Å². The third-order valence-electron chi connectivity index (χ3n) is 2.26. The molecule has 2 aromatic carbocycles. The standard InChI is InChI=1S/C12H9NS.BH2O2/c1-3-7-11-9(5-1)13-10-6-2-4-8-12(10)14-11;2-1-3/h1-8,13H;2-3H. The molecule has 17 heavy (non-hydrogen) atoms. The van der Waals surface area contributed by atoms with Crippen LogP contribution >= 0.6 is 11.8 Å². The fourth-order valence-electron chi connectivity index (χ4n) is 1.58. The maximum absolute atomic E-state index is 7.00. The van der Waals surface area contributed by atoms with Crippen LogP contribution < -0.4 is 5.32 Å². The normalized spacial score (nSPS) is 11.2. The average molecular weight is 244 g/mol. The third kappa shape index (κ3) is 2.82. The molecule has 2 aromatic rings. The van der Waals surface area contributed by atoms with E-state index in [1.807, 2.05) is 11.8 Å². The van der Waals surface area contributed by atoms with Gasteiger partial charge in [0.2, 0.25) is 0 Å². The van der Waals surface area contributed by atoms with Gasteiger partial charge in [-0.25, -0.2) is 0 Å². The van der Waals surface area contributed by atoms with Gasteiger partial charge in [-0.15, -0.1) is 0 Å². The van der Waals surface area contributed by atoms with Gasteiger partial charge >= 0.3 is 7.69 Å². The Balaban J connectivity index is 0.000000329. The fourth-order valence-corrected chi connectivity index (χ4v) is 2.57. The van der Waals surface area contributed by atoms with Gasteiger partial charge in [0.25, 0.3) is 0 Å². The molecule has 0 spiro atoms. The Morgan fingerprint density at radius 3 is 1.71 bits per heavy atom. The molecule has 0 atom stereocenters. The maximum atomic E-state index is 7.00. The lowest BCUT2D eigenvalue weighted by molar-refractivity contribution is 0.448. The number of benzene rings is 2. The molecule has 1 aliphatic rings. The lowest BCUT2D eigenvalue weighted by atomic mass is 10.2. The molecule has 1 radical (unpaired) electrons. The van der Waals surface area contributed by atoms with Gasteiger partial charge in [0.05, 0.1) is 11.4 Å². The summed E-state index contributed by atoms with van der Waals surface area (Å²) < 4.78 is 0. The second-order valence-corrected chi connectivity index (χ2v) is 4.42. The van der Waals surface area contributed by atoms with Crippen LogP contribution in [0, 0.1) is 0 Å². The Kier molecular flexibility index (Phi) is 4.09. The van der Waals surface area contributed by atoms with Crippen LogP contribution in [0.15, 0.2) is 58.3 Å². The van der Waals surface area contributed by atoms with Crippen molar-refractivity contribution in [2.75, 3.05) is 5.32 Å². The molecule has 3 rings (SSSR count). The molecule has 0 aliphatic carbocycles. The second kappa shape index (κ2) is 5.77. The maximum Gasteiger partial charge on any atom is 0.482 e. The summed E-state index contributed by atoms with van der Waals surface area (Å²) in [6.07, 6.45) is 0. The Labute approximate surface area is 105 Å². The summed E-state index contributed by atoms with van der Waals surface area (Å²) in [5.41, 5.74) is 2.41. The molecular weight excluding hydrogens is 233 g/mol. The number of nitrogens with one attached hydrogen (secondary N) is 1. The highest BCUT2D eigenvalue weighted by Gasteiger charge is 2.13. The lowest BCUT2D eigenvalue weighted by Crippen LogP contribution is -1.98. The minimum Gasteiger partial charge on any atom is -0.429 e. The summed E-state index contributed by atoms with van der Waals surface area (Å²) in [4.78, 5) is 2.59. The predicted molar refractivity (Wildman–Crippen MR) is 70.5 cm³/mol. The molecule has 3 N–H and O–H groups in total. The van der Waals surface area contributed by atoms with E-state index < -0.39 is 0 Å². The highest BCUT2D eigenvalue weighted by Crippen LogP contribution is 2.43. The summed E-state index contributed by atoms with van der Waals surface area (Å²) >= 11 is 1.82. The van der Waals surface area contributed by atoms with E-state index in [0.29, 0.717) is 0 Å². The zero-order valence-electron chi connectivity index (χ0n) is 9.00. The van der Waals surface area contributed by atoms with Crippen LogP contribution in [0.5, 0.6) is 0 Å². The van der Waals surface area contributed by atoms with Crippen molar-refractivity contribution >= 4 is 30.8 Å². The van der Waals surface area contributed by atoms with Crippen molar-refractivity contribution in [2.45, 2.75) is 9.79 Å². The number of fused-ring (bicyclic) bond motifs is 2. The van der Waals surface area contributed by atoms with Gasteiger partial charge in [0, 0.05) is 9.79 Å². The van der Waals surface area contributed by atoms with Crippen molar-refractivity contribution in [3.63, 3.8) is 0 Å². The molecule has 0 bridgehead atoms. The first-order valence-electron chi connectivity index (χ1n) is 5.08. The van der Waals surface area contributed by atoms with Crippen molar-refractivity contribution in [3.8, 4) is 0 Å². The zero-order valence-corrected chi connectivity index (χ0v) is 9.82. The van der Waals surface area contributed by atoms with E-state index in [2.05, 4.69) is 53.8 Å². The van der Waals surface area contributed by atoms with Gasteiger partial charge < -0.3 is 15.4 Å². The molecule has 0 saturated carbocycles. The number of hydrogen-bond donors (Lipinski definition) is 3. The van der Waals surface area contributed by atoms with E-state index in [4.69, 9.17) is 10.0 Å². The van der Waals surface area contributed by atoms with E-state index in [0.717, 1.165) is 0 Å². The molecule has 3 nitrogen and oxygen atoms in total. The largest absolute Gasteiger partial charge is 0.482 e. The molecule has 0 saturated heterocycles. The minimum atomic E-state index is 0. The average Bonchev–Trinajstić information content (AvgIpc) is 2.37. The molecule has 0 unspecified atom stereocenters. The van der Waals surface area contributed by atoms with Gasteiger partial charge in [0.15, 0.2) is 0 Å². The lowest BCUT2D eigenvalue weighted by Gasteiger charge is -2.19. The van der Waals surface area contributed by atoms with Crippen LogP contribution in [0.4, 0.5) is 11.4 Å². The van der Waals surface area contributed by atoms with Crippen LogP contribution in [0.25, 0.3) is 0 Å². The van der Waals surface area contributed by atoms with Gasteiger partial charge in [-0.05, 0) is 24.3 Å². The third-order valence-corrected chi connectivity index (χ3v) is 3.42. The van der Waals surface area contributed by atoms with Crippen molar-refractivity contribution < 1.29 is 10.0 Å². The summed E-state index contributed by atoms with van der Waals surface area (Å²) in [6.45, 7) is 0. The van der Waals surface area contributed by atoms with E-state index in [9.17, 15) is 0 Å². The molecule has 85 valence electrons. The summed E-state index contributed by atoms with van der Waals surface area (Å²) in [7, 11) is 0. The van der Waals surface area contributed by atoms with Crippen LogP contribution in [0.3, 0.4) is 0 Å². The summed E-state index contributed by atoms with van der Waals surface area (Å²) in [5.74, 6) is 0. The Bertz CT molecular complexity index is 420. The first kappa shape index (κ1) is 12.0. The fraction of sp³-hybridized carbons (Fsp3) is 0. The highest BCUT2D eigenvalue weighted by atomic mass is 32.2. The zero-order chi connectivity index (χ0) is 12.1. The molecule has 1 aliphatic heterocycles. The van der Waals surface area contributed by atoms with Gasteiger partial charge in [-0.3, -0.25) is 0 Å². The van der Waals surface area contributed by atoms with Gasteiger partial charge in [-0.1, -0.05) is 36.0 Å². The number of anilines is 2. The van der Waals surface area contributed by atoms with Crippen molar-refractivity contribution in [1.29, 1.82) is 0 Å². The van der Waals surface area contributed by atoms with Crippen molar-refractivity contribution in [1.82, 2.24) is 0 Å². The molecule has 0 amide bonds. The van der Waals surface area contributed by atoms with Crippen LogP contribution in [-0.4, -0.2) is 17.7 Å². The number of hydrogen-bond acceptors (Lipinski definition) is 4. The van der Waals surface area contributed by atoms with E-state index in [1.54, 1.807) is 0 Å². The summed E-state index contributed by atoms with van der Waals surface area (Å²) in [5, 5.41) is 17.4. The minimum absolute atomic E-state index is 0.